The van der Waals surface area contributed by atoms with Gasteiger partial charge in [-0.1, -0.05) is 18.5 Å². The predicted molar refractivity (Wildman–Crippen MR) is 69.1 cm³/mol. The first-order valence-corrected chi connectivity index (χ1v) is 5.72. The molecular formula is C12H14ClN3O. The molecule has 0 fully saturated rings. The van der Waals surface area contributed by atoms with Gasteiger partial charge in [-0.2, -0.15) is 5.10 Å². The third-order valence-electron chi connectivity index (χ3n) is 2.72. The van der Waals surface area contributed by atoms with Crippen molar-refractivity contribution >= 4 is 17.4 Å². The van der Waals surface area contributed by atoms with E-state index in [-0.39, 0.29) is 5.75 Å². The van der Waals surface area contributed by atoms with E-state index in [2.05, 4.69) is 5.10 Å². The minimum Gasteiger partial charge on any atom is -0.506 e. The van der Waals surface area contributed by atoms with Crippen molar-refractivity contribution in [2.75, 3.05) is 5.73 Å². The Bertz CT molecular complexity index is 544. The summed E-state index contributed by atoms with van der Waals surface area (Å²) in [6.45, 7) is 2.03. The average molecular weight is 252 g/mol. The van der Waals surface area contributed by atoms with E-state index in [0.717, 1.165) is 12.0 Å². The molecule has 0 aliphatic carbocycles. The van der Waals surface area contributed by atoms with E-state index in [9.17, 15) is 5.11 Å². The molecule has 1 aromatic heterocycles. The lowest BCUT2D eigenvalue weighted by atomic mass is 10.1. The van der Waals surface area contributed by atoms with Crippen LogP contribution in [0.25, 0.3) is 11.3 Å². The number of anilines is 1. The fourth-order valence-electron chi connectivity index (χ4n) is 1.67. The quantitative estimate of drug-likeness (QED) is 0.862. The molecule has 0 aliphatic rings. The second kappa shape index (κ2) is 4.30. The zero-order valence-corrected chi connectivity index (χ0v) is 10.5. The van der Waals surface area contributed by atoms with Crippen LogP contribution in [0.2, 0.25) is 5.02 Å². The standard InChI is InChI=1S/C12H14ClN3O/c1-3-7-4-8(12(17)9(13)5-7)10-6-11(14)16(2)15-10/h4-6,17H,3,14H2,1-2H3. The molecular weight excluding hydrogens is 238 g/mol. The molecule has 17 heavy (non-hydrogen) atoms. The number of aromatic nitrogens is 2. The Morgan fingerprint density at radius 1 is 1.41 bits per heavy atom. The molecule has 1 aromatic carbocycles. The number of halogens is 1. The highest BCUT2D eigenvalue weighted by molar-refractivity contribution is 6.32. The highest BCUT2D eigenvalue weighted by Gasteiger charge is 2.13. The monoisotopic (exact) mass is 251 g/mol. The summed E-state index contributed by atoms with van der Waals surface area (Å²) < 4.78 is 1.56. The van der Waals surface area contributed by atoms with Gasteiger partial charge in [0.25, 0.3) is 0 Å². The number of rotatable bonds is 2. The molecule has 4 nitrogen and oxygen atoms in total. The maximum atomic E-state index is 9.95. The number of hydrogen-bond acceptors (Lipinski definition) is 3. The Balaban J connectivity index is 2.61. The number of nitrogens with two attached hydrogens (primary N) is 1. The molecule has 0 atom stereocenters. The van der Waals surface area contributed by atoms with Crippen LogP contribution < -0.4 is 5.73 Å². The van der Waals surface area contributed by atoms with Crippen LogP contribution in [0.4, 0.5) is 5.82 Å². The second-order valence-corrected chi connectivity index (χ2v) is 4.31. The van der Waals surface area contributed by atoms with Gasteiger partial charge < -0.3 is 10.8 Å². The second-order valence-electron chi connectivity index (χ2n) is 3.91. The summed E-state index contributed by atoms with van der Waals surface area (Å²) in [6.07, 6.45) is 0.843. The Hall–Kier alpha value is -1.68. The summed E-state index contributed by atoms with van der Waals surface area (Å²) in [5.74, 6) is 0.583. The summed E-state index contributed by atoms with van der Waals surface area (Å²) in [4.78, 5) is 0. The Kier molecular flexibility index (Phi) is 2.98. The largest absolute Gasteiger partial charge is 0.506 e. The molecule has 0 saturated carbocycles. The van der Waals surface area contributed by atoms with Gasteiger partial charge in [0.2, 0.25) is 0 Å². The minimum absolute atomic E-state index is 0.0435. The van der Waals surface area contributed by atoms with Gasteiger partial charge in [-0.25, -0.2) is 0 Å². The molecule has 1 heterocycles. The third kappa shape index (κ3) is 2.08. The van der Waals surface area contributed by atoms with E-state index in [4.69, 9.17) is 17.3 Å². The average Bonchev–Trinajstić information content (AvgIpc) is 2.62. The van der Waals surface area contributed by atoms with Gasteiger partial charge in [-0.15, -0.1) is 0 Å². The highest BCUT2D eigenvalue weighted by atomic mass is 35.5. The number of aromatic hydroxyl groups is 1. The van der Waals surface area contributed by atoms with Gasteiger partial charge in [0, 0.05) is 18.7 Å². The molecule has 0 bridgehead atoms. The minimum atomic E-state index is 0.0435. The number of phenolic OH excluding ortho intramolecular Hbond substituents is 1. The molecule has 0 saturated heterocycles. The Labute approximate surface area is 105 Å². The Morgan fingerprint density at radius 2 is 2.12 bits per heavy atom. The summed E-state index contributed by atoms with van der Waals surface area (Å²) in [5, 5.41) is 14.5. The number of hydrogen-bond donors (Lipinski definition) is 2. The van der Waals surface area contributed by atoms with Crippen molar-refractivity contribution in [3.8, 4) is 17.0 Å². The third-order valence-corrected chi connectivity index (χ3v) is 3.01. The van der Waals surface area contributed by atoms with E-state index in [1.807, 2.05) is 13.0 Å². The molecule has 90 valence electrons. The van der Waals surface area contributed by atoms with Crippen molar-refractivity contribution in [2.24, 2.45) is 7.05 Å². The number of aryl methyl sites for hydroxylation is 2. The van der Waals surface area contributed by atoms with E-state index in [0.29, 0.717) is 22.1 Å². The normalized spacial score (nSPS) is 10.8. The maximum Gasteiger partial charge on any atom is 0.143 e. The van der Waals surface area contributed by atoms with Gasteiger partial charge >= 0.3 is 0 Å². The fraction of sp³-hybridized carbons (Fsp3) is 0.250. The summed E-state index contributed by atoms with van der Waals surface area (Å²) >= 11 is 5.98. The van der Waals surface area contributed by atoms with Crippen molar-refractivity contribution in [3.05, 3.63) is 28.8 Å². The van der Waals surface area contributed by atoms with Crippen LogP contribution in [0.1, 0.15) is 12.5 Å². The summed E-state index contributed by atoms with van der Waals surface area (Å²) in [6, 6.07) is 5.35. The van der Waals surface area contributed by atoms with Crippen molar-refractivity contribution in [1.82, 2.24) is 9.78 Å². The molecule has 0 radical (unpaired) electrons. The number of nitrogens with zero attached hydrogens (tertiary/aromatic N) is 2. The lowest BCUT2D eigenvalue weighted by molar-refractivity contribution is 0.477. The maximum absolute atomic E-state index is 9.95. The molecule has 5 heteroatoms. The first-order chi connectivity index (χ1) is 8.02. The lowest BCUT2D eigenvalue weighted by Crippen LogP contribution is -1.96. The summed E-state index contributed by atoms with van der Waals surface area (Å²) in [5.41, 5.74) is 8.01. The van der Waals surface area contributed by atoms with E-state index >= 15 is 0 Å². The van der Waals surface area contributed by atoms with Gasteiger partial charge in [0.1, 0.15) is 11.6 Å². The van der Waals surface area contributed by atoms with E-state index in [1.54, 1.807) is 23.9 Å². The highest BCUT2D eigenvalue weighted by Crippen LogP contribution is 2.36. The van der Waals surface area contributed by atoms with Crippen molar-refractivity contribution < 1.29 is 5.11 Å². The van der Waals surface area contributed by atoms with Gasteiger partial charge in [-0.3, -0.25) is 4.68 Å². The first-order valence-electron chi connectivity index (χ1n) is 5.34. The molecule has 0 amide bonds. The van der Waals surface area contributed by atoms with Gasteiger partial charge in [0.15, 0.2) is 0 Å². The van der Waals surface area contributed by atoms with E-state index < -0.39 is 0 Å². The van der Waals surface area contributed by atoms with Crippen LogP contribution in [0.15, 0.2) is 18.2 Å². The molecule has 2 aromatic rings. The molecule has 0 unspecified atom stereocenters. The van der Waals surface area contributed by atoms with E-state index in [1.165, 1.54) is 0 Å². The van der Waals surface area contributed by atoms with Gasteiger partial charge in [0.05, 0.1) is 10.7 Å². The van der Waals surface area contributed by atoms with Crippen LogP contribution in [0, 0.1) is 0 Å². The Morgan fingerprint density at radius 3 is 2.65 bits per heavy atom. The van der Waals surface area contributed by atoms with Crippen LogP contribution in [-0.2, 0) is 13.5 Å². The number of phenols is 1. The van der Waals surface area contributed by atoms with Crippen LogP contribution in [0.5, 0.6) is 5.75 Å². The molecule has 3 N–H and O–H groups in total. The van der Waals surface area contributed by atoms with Crippen molar-refractivity contribution in [2.45, 2.75) is 13.3 Å². The van der Waals surface area contributed by atoms with Crippen LogP contribution in [-0.4, -0.2) is 14.9 Å². The van der Waals surface area contributed by atoms with Gasteiger partial charge in [-0.05, 0) is 24.1 Å². The zero-order chi connectivity index (χ0) is 12.6. The first kappa shape index (κ1) is 11.8. The predicted octanol–water partition coefficient (Wildman–Crippen LogP) is 2.59. The zero-order valence-electron chi connectivity index (χ0n) is 9.74. The lowest BCUT2D eigenvalue weighted by Gasteiger charge is -2.06. The van der Waals surface area contributed by atoms with Crippen LogP contribution in [0.3, 0.4) is 0 Å². The topological polar surface area (TPSA) is 64.1 Å². The number of benzene rings is 1. The molecule has 2 rings (SSSR count). The smallest absolute Gasteiger partial charge is 0.143 e. The molecule has 0 aliphatic heterocycles. The SMILES string of the molecule is CCc1cc(Cl)c(O)c(-c2cc(N)n(C)n2)c1. The number of nitrogen functional groups attached to an aromatic ring is 1. The fourth-order valence-corrected chi connectivity index (χ4v) is 1.91. The van der Waals surface area contributed by atoms with Crippen molar-refractivity contribution in [3.63, 3.8) is 0 Å². The van der Waals surface area contributed by atoms with Crippen LogP contribution >= 0.6 is 11.6 Å². The summed E-state index contributed by atoms with van der Waals surface area (Å²) in [7, 11) is 1.75. The van der Waals surface area contributed by atoms with Crippen molar-refractivity contribution in [1.29, 1.82) is 0 Å². The molecule has 0 spiro atoms.